The topological polar surface area (TPSA) is 20.3 Å². The van der Waals surface area contributed by atoms with Gasteiger partial charge in [-0.15, -0.1) is 0 Å². The average Bonchev–Trinajstić information content (AvgIpc) is 2.11. The molecule has 0 saturated heterocycles. The Kier molecular flexibility index (Phi) is 6.01. The molecular formula is C12H25NO. The lowest BCUT2D eigenvalue weighted by Crippen LogP contribution is -2.44. The van der Waals surface area contributed by atoms with Gasteiger partial charge in [0.1, 0.15) is 0 Å². The summed E-state index contributed by atoms with van der Waals surface area (Å²) in [4.78, 5) is 14.1. The smallest absolute Gasteiger partial charge is 0.152 e. The van der Waals surface area contributed by atoms with Crippen molar-refractivity contribution in [3.8, 4) is 0 Å². The largest absolute Gasteiger partial charge is 0.298 e. The minimum absolute atomic E-state index is 0.111. The zero-order valence-corrected chi connectivity index (χ0v) is 10.5. The van der Waals surface area contributed by atoms with Crippen molar-refractivity contribution >= 4 is 5.78 Å². The van der Waals surface area contributed by atoms with E-state index in [2.05, 4.69) is 25.7 Å². The van der Waals surface area contributed by atoms with E-state index in [0.29, 0.717) is 11.8 Å². The molecule has 2 heteroatoms. The van der Waals surface area contributed by atoms with Gasteiger partial charge in [0.2, 0.25) is 0 Å². The third-order valence-corrected chi connectivity index (χ3v) is 2.77. The van der Waals surface area contributed by atoms with Crippen LogP contribution in [0, 0.1) is 5.92 Å². The van der Waals surface area contributed by atoms with Gasteiger partial charge in [0.15, 0.2) is 5.78 Å². The van der Waals surface area contributed by atoms with Crippen LogP contribution >= 0.6 is 0 Å². The van der Waals surface area contributed by atoms with Gasteiger partial charge in [0.05, 0.1) is 6.04 Å². The van der Waals surface area contributed by atoms with Crippen molar-refractivity contribution in [2.75, 3.05) is 7.05 Å². The first-order valence-corrected chi connectivity index (χ1v) is 5.67. The fourth-order valence-electron chi connectivity index (χ4n) is 1.56. The van der Waals surface area contributed by atoms with Crippen LogP contribution in [-0.4, -0.2) is 29.8 Å². The highest BCUT2D eigenvalue weighted by molar-refractivity contribution is 5.85. The second kappa shape index (κ2) is 6.18. The van der Waals surface area contributed by atoms with Crippen LogP contribution in [0.2, 0.25) is 0 Å². The second-order valence-corrected chi connectivity index (χ2v) is 4.62. The summed E-state index contributed by atoms with van der Waals surface area (Å²) in [6, 6.07) is 0.550. The molecule has 0 aliphatic heterocycles. The monoisotopic (exact) mass is 199 g/mol. The molecule has 14 heavy (non-hydrogen) atoms. The van der Waals surface area contributed by atoms with Gasteiger partial charge in [0, 0.05) is 12.0 Å². The number of rotatable bonds is 6. The number of Topliss-reactive ketones (excluding diaryl/α,β-unsaturated/α-hetero) is 1. The van der Waals surface area contributed by atoms with E-state index >= 15 is 0 Å². The summed E-state index contributed by atoms with van der Waals surface area (Å²) in [7, 11) is 2.05. The van der Waals surface area contributed by atoms with E-state index in [-0.39, 0.29) is 12.0 Å². The van der Waals surface area contributed by atoms with Crippen LogP contribution in [0.25, 0.3) is 0 Å². The summed E-state index contributed by atoms with van der Waals surface area (Å²) in [5, 5.41) is 0. The highest BCUT2D eigenvalue weighted by Gasteiger charge is 2.25. The van der Waals surface area contributed by atoms with Crippen LogP contribution in [-0.2, 0) is 4.79 Å². The molecule has 1 unspecified atom stereocenters. The Morgan fingerprint density at radius 3 is 2.00 bits per heavy atom. The van der Waals surface area contributed by atoms with Gasteiger partial charge in [-0.2, -0.15) is 0 Å². The first-order chi connectivity index (χ1) is 6.41. The molecule has 0 spiro atoms. The van der Waals surface area contributed by atoms with E-state index in [9.17, 15) is 4.79 Å². The van der Waals surface area contributed by atoms with E-state index in [0.717, 1.165) is 12.8 Å². The molecule has 0 aliphatic rings. The Bertz CT molecular complexity index is 175. The average molecular weight is 199 g/mol. The molecule has 0 aliphatic carbocycles. The van der Waals surface area contributed by atoms with Gasteiger partial charge in [-0.25, -0.2) is 0 Å². The Hall–Kier alpha value is -0.370. The molecule has 0 heterocycles. The SMILES string of the molecule is CCCC(C(=O)C(C)C)N(C)C(C)C. The maximum absolute atomic E-state index is 11.9. The molecule has 1 atom stereocenters. The third kappa shape index (κ3) is 3.79. The molecule has 2 nitrogen and oxygen atoms in total. The highest BCUT2D eigenvalue weighted by Crippen LogP contribution is 2.14. The Balaban J connectivity index is 4.50. The first kappa shape index (κ1) is 13.6. The third-order valence-electron chi connectivity index (χ3n) is 2.77. The first-order valence-electron chi connectivity index (χ1n) is 5.67. The molecule has 0 radical (unpaired) electrons. The summed E-state index contributed by atoms with van der Waals surface area (Å²) >= 11 is 0. The lowest BCUT2D eigenvalue weighted by molar-refractivity contribution is -0.127. The van der Waals surface area contributed by atoms with Crippen molar-refractivity contribution in [2.24, 2.45) is 5.92 Å². The fourth-order valence-corrected chi connectivity index (χ4v) is 1.56. The number of nitrogens with zero attached hydrogens (tertiary/aromatic N) is 1. The Morgan fingerprint density at radius 1 is 1.21 bits per heavy atom. The number of ketones is 1. The van der Waals surface area contributed by atoms with Crippen molar-refractivity contribution < 1.29 is 4.79 Å². The summed E-state index contributed by atoms with van der Waals surface area (Å²) < 4.78 is 0. The molecule has 0 N–H and O–H groups in total. The van der Waals surface area contributed by atoms with Crippen LogP contribution in [0.3, 0.4) is 0 Å². The van der Waals surface area contributed by atoms with Gasteiger partial charge in [-0.05, 0) is 27.3 Å². The van der Waals surface area contributed by atoms with Crippen LogP contribution in [0.5, 0.6) is 0 Å². The molecule has 0 fully saturated rings. The zero-order valence-electron chi connectivity index (χ0n) is 10.5. The molecule has 0 aromatic rings. The lowest BCUT2D eigenvalue weighted by Gasteiger charge is -2.31. The second-order valence-electron chi connectivity index (χ2n) is 4.62. The number of carbonyl (C=O) groups excluding carboxylic acids is 1. The standard InChI is InChI=1S/C12H25NO/c1-7-8-11(12(14)9(2)3)13(6)10(4)5/h9-11H,7-8H2,1-6H3. The quantitative estimate of drug-likeness (QED) is 0.655. The number of hydrogen-bond acceptors (Lipinski definition) is 2. The number of likely N-dealkylation sites (N-methyl/N-ethyl adjacent to an activating group) is 1. The summed E-state index contributed by atoms with van der Waals surface area (Å²) in [6.45, 7) is 10.4. The van der Waals surface area contributed by atoms with Gasteiger partial charge in [0.25, 0.3) is 0 Å². The van der Waals surface area contributed by atoms with Gasteiger partial charge in [-0.3, -0.25) is 9.69 Å². The minimum Gasteiger partial charge on any atom is -0.298 e. The molecule has 0 amide bonds. The molecular weight excluding hydrogens is 174 g/mol. The van der Waals surface area contributed by atoms with Crippen LogP contribution in [0.4, 0.5) is 0 Å². The summed E-state index contributed by atoms with van der Waals surface area (Å²) in [5.41, 5.74) is 0. The van der Waals surface area contributed by atoms with Gasteiger partial charge < -0.3 is 0 Å². The van der Waals surface area contributed by atoms with E-state index in [1.807, 2.05) is 20.9 Å². The van der Waals surface area contributed by atoms with Crippen molar-refractivity contribution in [3.05, 3.63) is 0 Å². The van der Waals surface area contributed by atoms with Crippen LogP contribution < -0.4 is 0 Å². The Labute approximate surface area is 88.7 Å². The normalized spacial score (nSPS) is 14.1. The van der Waals surface area contributed by atoms with Crippen molar-refractivity contribution in [3.63, 3.8) is 0 Å². The van der Waals surface area contributed by atoms with Crippen LogP contribution in [0.15, 0.2) is 0 Å². The van der Waals surface area contributed by atoms with E-state index in [1.54, 1.807) is 0 Å². The molecule has 0 bridgehead atoms. The fraction of sp³-hybridized carbons (Fsp3) is 0.917. The van der Waals surface area contributed by atoms with Gasteiger partial charge >= 0.3 is 0 Å². The lowest BCUT2D eigenvalue weighted by atomic mass is 9.96. The number of carbonyl (C=O) groups is 1. The molecule has 0 saturated carbocycles. The molecule has 0 rings (SSSR count). The predicted molar refractivity (Wildman–Crippen MR) is 61.4 cm³/mol. The van der Waals surface area contributed by atoms with Crippen molar-refractivity contribution in [2.45, 2.75) is 59.5 Å². The predicted octanol–water partition coefficient (Wildman–Crippen LogP) is 2.72. The maximum atomic E-state index is 11.9. The van der Waals surface area contributed by atoms with Crippen LogP contribution in [0.1, 0.15) is 47.5 Å². The van der Waals surface area contributed by atoms with Crippen molar-refractivity contribution in [1.29, 1.82) is 0 Å². The molecule has 0 aromatic heterocycles. The van der Waals surface area contributed by atoms with E-state index in [4.69, 9.17) is 0 Å². The minimum atomic E-state index is 0.111. The zero-order chi connectivity index (χ0) is 11.3. The molecule has 84 valence electrons. The summed E-state index contributed by atoms with van der Waals surface area (Å²) in [6.07, 6.45) is 2.05. The van der Waals surface area contributed by atoms with Gasteiger partial charge in [-0.1, -0.05) is 27.2 Å². The molecule has 0 aromatic carbocycles. The maximum Gasteiger partial charge on any atom is 0.152 e. The van der Waals surface area contributed by atoms with Crippen molar-refractivity contribution in [1.82, 2.24) is 4.90 Å². The van der Waals surface area contributed by atoms with E-state index < -0.39 is 0 Å². The number of hydrogen-bond donors (Lipinski definition) is 0. The van der Waals surface area contributed by atoms with E-state index in [1.165, 1.54) is 0 Å². The Morgan fingerprint density at radius 2 is 1.71 bits per heavy atom. The summed E-state index contributed by atoms with van der Waals surface area (Å²) in [5.74, 6) is 0.524. The highest BCUT2D eigenvalue weighted by atomic mass is 16.1.